The first-order valence-electron chi connectivity index (χ1n) is 12.5. The van der Waals surface area contributed by atoms with Gasteiger partial charge in [0, 0.05) is 32.3 Å². The van der Waals surface area contributed by atoms with Gasteiger partial charge in [-0.1, -0.05) is 23.7 Å². The molecule has 194 valence electrons. The van der Waals surface area contributed by atoms with Crippen LogP contribution in [0.1, 0.15) is 36.0 Å². The van der Waals surface area contributed by atoms with Crippen LogP contribution in [0.4, 0.5) is 0 Å². The molecule has 1 atom stereocenters. The van der Waals surface area contributed by atoms with Gasteiger partial charge in [0.1, 0.15) is 18.0 Å². The number of aryl methyl sites for hydroxylation is 3. The molecule has 0 saturated carbocycles. The average Bonchev–Trinajstić information content (AvgIpc) is 3.28. The monoisotopic (exact) mass is 513 g/mol. The Balaban J connectivity index is 1.30. The van der Waals surface area contributed by atoms with Crippen LogP contribution in [-0.4, -0.2) is 58.8 Å². The molecule has 0 radical (unpaired) electrons. The first-order chi connectivity index (χ1) is 17.3. The number of aliphatic hydroxyl groups is 1. The van der Waals surface area contributed by atoms with E-state index in [1.165, 1.54) is 0 Å². The Bertz CT molecular complexity index is 1150. The third-order valence-electron chi connectivity index (χ3n) is 6.40. The van der Waals surface area contributed by atoms with Gasteiger partial charge in [-0.25, -0.2) is 0 Å². The number of nitrogens with zero attached hydrogens (tertiary/aromatic N) is 3. The molecule has 1 aliphatic rings. The van der Waals surface area contributed by atoms with E-state index in [1.54, 1.807) is 7.11 Å². The van der Waals surface area contributed by atoms with Crippen molar-refractivity contribution in [2.45, 2.75) is 51.8 Å². The van der Waals surface area contributed by atoms with Crippen LogP contribution >= 0.6 is 11.6 Å². The Morgan fingerprint density at radius 2 is 1.92 bits per heavy atom. The fourth-order valence-corrected chi connectivity index (χ4v) is 4.75. The largest absolute Gasteiger partial charge is 0.493 e. The van der Waals surface area contributed by atoms with Crippen molar-refractivity contribution in [2.75, 3.05) is 33.4 Å². The predicted molar refractivity (Wildman–Crippen MR) is 141 cm³/mol. The van der Waals surface area contributed by atoms with E-state index in [1.807, 2.05) is 61.3 Å². The lowest BCUT2D eigenvalue weighted by Gasteiger charge is -2.39. The summed E-state index contributed by atoms with van der Waals surface area (Å²) in [4.78, 5) is 2.26. The van der Waals surface area contributed by atoms with Crippen LogP contribution in [-0.2, 0) is 13.1 Å². The topological polar surface area (TPSA) is 69.0 Å². The molecule has 2 heterocycles. The van der Waals surface area contributed by atoms with E-state index in [4.69, 9.17) is 25.8 Å². The van der Waals surface area contributed by atoms with Gasteiger partial charge in [0.05, 0.1) is 24.9 Å². The molecule has 0 aliphatic carbocycles. The first-order valence-corrected chi connectivity index (χ1v) is 12.8. The van der Waals surface area contributed by atoms with Crippen molar-refractivity contribution in [3.8, 4) is 17.2 Å². The van der Waals surface area contributed by atoms with Gasteiger partial charge in [-0.05, 0) is 74.2 Å². The number of hydrogen-bond acceptors (Lipinski definition) is 6. The number of hydrogen-bond donors (Lipinski definition) is 1. The van der Waals surface area contributed by atoms with Gasteiger partial charge in [0.2, 0.25) is 0 Å². The van der Waals surface area contributed by atoms with Gasteiger partial charge in [0.25, 0.3) is 0 Å². The lowest BCUT2D eigenvalue weighted by molar-refractivity contribution is -0.0621. The number of β-amino-alcohol motifs (C(OH)–C–C–N with tert-alkyl or cyclic N) is 1. The second-order valence-electron chi connectivity index (χ2n) is 9.73. The van der Waals surface area contributed by atoms with E-state index >= 15 is 0 Å². The third-order valence-corrected chi connectivity index (χ3v) is 6.72. The summed E-state index contributed by atoms with van der Waals surface area (Å²) in [5.74, 6) is 2.06. The van der Waals surface area contributed by atoms with Crippen molar-refractivity contribution >= 4 is 11.6 Å². The van der Waals surface area contributed by atoms with Gasteiger partial charge >= 0.3 is 0 Å². The maximum atomic E-state index is 11.2. The molecule has 0 amide bonds. The summed E-state index contributed by atoms with van der Waals surface area (Å²) >= 11 is 6.26. The molecule has 0 unspecified atom stereocenters. The van der Waals surface area contributed by atoms with Crippen molar-refractivity contribution in [3.63, 3.8) is 0 Å². The zero-order valence-corrected chi connectivity index (χ0v) is 22.1. The number of rotatable bonds is 11. The Morgan fingerprint density at radius 3 is 2.69 bits per heavy atom. The molecule has 36 heavy (non-hydrogen) atoms. The number of methoxy groups -OCH3 is 1. The van der Waals surface area contributed by atoms with E-state index in [0.717, 1.165) is 48.4 Å². The highest BCUT2D eigenvalue weighted by molar-refractivity contribution is 6.32. The van der Waals surface area contributed by atoms with E-state index in [2.05, 4.69) is 16.1 Å². The summed E-state index contributed by atoms with van der Waals surface area (Å²) in [6, 6.07) is 11.7. The standard InChI is InChI=1S/C28H36ClN3O4/c1-21-6-8-24(29)26(14-21)36-20-28(33)10-4-11-31(19-28)18-23-7-9-25(27(15-23)34-3)35-13-5-12-32-17-22(2)16-30-32/h6-9,14-17,33H,4-5,10-13,18-20H2,1-3H3/t28-/m0/s1. The number of aromatic nitrogens is 2. The molecule has 7 nitrogen and oxygen atoms in total. The molecule has 3 aromatic rings. The van der Waals surface area contributed by atoms with Crippen molar-refractivity contribution in [2.24, 2.45) is 0 Å². The van der Waals surface area contributed by atoms with E-state index in [-0.39, 0.29) is 6.61 Å². The molecular formula is C28H36ClN3O4. The molecule has 0 bridgehead atoms. The Morgan fingerprint density at radius 1 is 1.06 bits per heavy atom. The number of benzene rings is 2. The van der Waals surface area contributed by atoms with Crippen LogP contribution in [0.15, 0.2) is 48.8 Å². The van der Waals surface area contributed by atoms with Crippen LogP contribution in [0.25, 0.3) is 0 Å². The van der Waals surface area contributed by atoms with Crippen LogP contribution in [0.3, 0.4) is 0 Å². The molecule has 0 spiro atoms. The minimum Gasteiger partial charge on any atom is -0.493 e. The summed E-state index contributed by atoms with van der Waals surface area (Å²) in [5.41, 5.74) is 2.41. The zero-order valence-electron chi connectivity index (χ0n) is 21.4. The Labute approximate surface area is 218 Å². The molecular weight excluding hydrogens is 478 g/mol. The van der Waals surface area contributed by atoms with Crippen molar-refractivity contribution < 1.29 is 19.3 Å². The summed E-state index contributed by atoms with van der Waals surface area (Å²) in [6.07, 6.45) is 6.34. The first kappa shape index (κ1) is 26.3. The molecule has 1 saturated heterocycles. The lowest BCUT2D eigenvalue weighted by atomic mass is 9.93. The van der Waals surface area contributed by atoms with E-state index in [0.29, 0.717) is 42.6 Å². The van der Waals surface area contributed by atoms with Crippen LogP contribution in [0.5, 0.6) is 17.2 Å². The quantitative estimate of drug-likeness (QED) is 0.362. The fraction of sp³-hybridized carbons (Fsp3) is 0.464. The number of piperidine rings is 1. The molecule has 1 fully saturated rings. The number of likely N-dealkylation sites (tertiary alicyclic amines) is 1. The van der Waals surface area contributed by atoms with Crippen LogP contribution in [0.2, 0.25) is 5.02 Å². The second-order valence-corrected chi connectivity index (χ2v) is 10.1. The summed E-state index contributed by atoms with van der Waals surface area (Å²) < 4.78 is 19.4. The third kappa shape index (κ3) is 7.15. The SMILES string of the molecule is COc1cc(CN2CCC[C@@](O)(COc3cc(C)ccc3Cl)C2)ccc1OCCCn1cc(C)cn1. The minimum absolute atomic E-state index is 0.209. The summed E-state index contributed by atoms with van der Waals surface area (Å²) in [5, 5.41) is 16.1. The van der Waals surface area contributed by atoms with Gasteiger partial charge in [-0.3, -0.25) is 9.58 Å². The van der Waals surface area contributed by atoms with E-state index < -0.39 is 5.60 Å². The van der Waals surface area contributed by atoms with Gasteiger partial charge < -0.3 is 19.3 Å². The Hall–Kier alpha value is -2.74. The second kappa shape index (κ2) is 12.0. The maximum Gasteiger partial charge on any atom is 0.161 e. The number of halogens is 1. The van der Waals surface area contributed by atoms with Crippen molar-refractivity contribution in [1.82, 2.24) is 14.7 Å². The summed E-state index contributed by atoms with van der Waals surface area (Å²) in [6.45, 7) is 7.79. The summed E-state index contributed by atoms with van der Waals surface area (Å²) in [7, 11) is 1.66. The molecule has 1 aliphatic heterocycles. The highest BCUT2D eigenvalue weighted by atomic mass is 35.5. The van der Waals surface area contributed by atoms with Crippen LogP contribution < -0.4 is 14.2 Å². The Kier molecular flexibility index (Phi) is 8.77. The highest BCUT2D eigenvalue weighted by Crippen LogP contribution is 2.31. The normalized spacial score (nSPS) is 18.2. The zero-order chi connectivity index (χ0) is 25.5. The van der Waals surface area contributed by atoms with Gasteiger partial charge in [-0.2, -0.15) is 5.10 Å². The smallest absolute Gasteiger partial charge is 0.161 e. The highest BCUT2D eigenvalue weighted by Gasteiger charge is 2.34. The minimum atomic E-state index is -0.925. The van der Waals surface area contributed by atoms with E-state index in [9.17, 15) is 5.11 Å². The van der Waals surface area contributed by atoms with Gasteiger partial charge in [0.15, 0.2) is 11.5 Å². The molecule has 8 heteroatoms. The van der Waals surface area contributed by atoms with Crippen LogP contribution in [0, 0.1) is 13.8 Å². The fourth-order valence-electron chi connectivity index (χ4n) is 4.58. The molecule has 1 aromatic heterocycles. The number of ether oxygens (including phenoxy) is 3. The van der Waals surface area contributed by atoms with Gasteiger partial charge in [-0.15, -0.1) is 0 Å². The average molecular weight is 514 g/mol. The predicted octanol–water partition coefficient (Wildman–Crippen LogP) is 5.04. The van der Waals surface area contributed by atoms with Crippen molar-refractivity contribution in [1.29, 1.82) is 0 Å². The molecule has 2 aromatic carbocycles. The van der Waals surface area contributed by atoms with Crippen molar-refractivity contribution in [3.05, 3.63) is 70.5 Å². The molecule has 1 N–H and O–H groups in total. The maximum absolute atomic E-state index is 11.2. The lowest BCUT2D eigenvalue weighted by Crippen LogP contribution is -2.51. The molecule has 4 rings (SSSR count).